The Kier molecular flexibility index (Phi) is 3.89. The molecule has 1 saturated heterocycles. The molecule has 0 aliphatic carbocycles. The van der Waals surface area contributed by atoms with Crippen molar-refractivity contribution in [1.82, 2.24) is 9.62 Å². The summed E-state index contributed by atoms with van der Waals surface area (Å²) in [7, 11) is -4.15. The van der Waals surface area contributed by atoms with Crippen LogP contribution in [0.15, 0.2) is 23.1 Å². The molecule has 2 atom stereocenters. The van der Waals surface area contributed by atoms with Gasteiger partial charge in [0.1, 0.15) is 11.6 Å². The molecule has 1 aliphatic heterocycles. The number of nitrogens with one attached hydrogen (secondary N) is 1. The van der Waals surface area contributed by atoms with E-state index in [9.17, 15) is 17.2 Å². The van der Waals surface area contributed by atoms with Crippen LogP contribution in [0.5, 0.6) is 0 Å². The average molecular weight is 290 g/mol. The summed E-state index contributed by atoms with van der Waals surface area (Å²) in [5, 5.41) is 3.17. The zero-order chi connectivity index (χ0) is 14.2. The fraction of sp³-hybridized carbons (Fsp3) is 0.500. The lowest BCUT2D eigenvalue weighted by Gasteiger charge is -2.35. The lowest BCUT2D eigenvalue weighted by molar-refractivity contribution is 0.261. The molecule has 0 bridgehead atoms. The first kappa shape index (κ1) is 14.4. The van der Waals surface area contributed by atoms with Crippen molar-refractivity contribution in [3.63, 3.8) is 0 Å². The number of hydrogen-bond acceptors (Lipinski definition) is 3. The second kappa shape index (κ2) is 5.15. The van der Waals surface area contributed by atoms with Crippen molar-refractivity contribution in [2.45, 2.75) is 30.8 Å². The Morgan fingerprint density at radius 3 is 2.11 bits per heavy atom. The molecule has 1 aromatic carbocycles. The smallest absolute Gasteiger partial charge is 0.249 e. The van der Waals surface area contributed by atoms with Crippen LogP contribution in [-0.4, -0.2) is 37.9 Å². The fourth-order valence-corrected chi connectivity index (χ4v) is 4.06. The van der Waals surface area contributed by atoms with Gasteiger partial charge in [-0.1, -0.05) is 6.07 Å². The van der Waals surface area contributed by atoms with E-state index in [-0.39, 0.29) is 25.2 Å². The molecule has 0 radical (unpaired) electrons. The Bertz CT molecular complexity index is 547. The van der Waals surface area contributed by atoms with Gasteiger partial charge in [0.2, 0.25) is 10.0 Å². The van der Waals surface area contributed by atoms with Crippen molar-refractivity contribution >= 4 is 10.0 Å². The van der Waals surface area contributed by atoms with Gasteiger partial charge >= 0.3 is 0 Å². The van der Waals surface area contributed by atoms with Crippen molar-refractivity contribution in [3.8, 4) is 0 Å². The van der Waals surface area contributed by atoms with E-state index >= 15 is 0 Å². The van der Waals surface area contributed by atoms with Crippen LogP contribution in [0, 0.1) is 11.6 Å². The molecule has 1 aliphatic rings. The van der Waals surface area contributed by atoms with Crippen LogP contribution in [0.25, 0.3) is 0 Å². The Hall–Kier alpha value is -1.05. The number of piperazine rings is 1. The minimum absolute atomic E-state index is 0.0617. The third kappa shape index (κ3) is 2.77. The second-order valence-corrected chi connectivity index (χ2v) is 6.72. The van der Waals surface area contributed by atoms with Gasteiger partial charge in [-0.05, 0) is 26.0 Å². The van der Waals surface area contributed by atoms with Crippen molar-refractivity contribution in [2.24, 2.45) is 0 Å². The molecule has 4 nitrogen and oxygen atoms in total. The van der Waals surface area contributed by atoms with E-state index in [4.69, 9.17) is 0 Å². The molecule has 19 heavy (non-hydrogen) atoms. The summed E-state index contributed by atoms with van der Waals surface area (Å²) in [5.74, 6) is -2.11. The first-order valence-electron chi connectivity index (χ1n) is 6.02. The minimum Gasteiger partial charge on any atom is -0.309 e. The third-order valence-electron chi connectivity index (χ3n) is 3.04. The van der Waals surface area contributed by atoms with Gasteiger partial charge in [-0.3, -0.25) is 0 Å². The standard InChI is InChI=1S/C12H16F2N2O2S/c1-8-6-16(7-9(2)15-8)19(17,18)12-10(13)4-3-5-11(12)14/h3-5,8-9,15H,6-7H2,1-2H3/t8-,9-/m1/s1. The summed E-state index contributed by atoms with van der Waals surface area (Å²) in [6, 6.07) is 2.92. The van der Waals surface area contributed by atoms with E-state index in [0.717, 1.165) is 22.5 Å². The molecule has 1 aromatic rings. The molecular weight excluding hydrogens is 274 g/mol. The predicted molar refractivity (Wildman–Crippen MR) is 67.2 cm³/mol. The molecule has 0 spiro atoms. The van der Waals surface area contributed by atoms with Crippen LogP contribution in [0.2, 0.25) is 0 Å². The van der Waals surface area contributed by atoms with Gasteiger partial charge in [0.25, 0.3) is 0 Å². The van der Waals surface area contributed by atoms with Crippen LogP contribution in [0.3, 0.4) is 0 Å². The Balaban J connectivity index is 2.42. The van der Waals surface area contributed by atoms with Crippen LogP contribution in [-0.2, 0) is 10.0 Å². The van der Waals surface area contributed by atoms with Crippen molar-refractivity contribution < 1.29 is 17.2 Å². The maximum absolute atomic E-state index is 13.6. The van der Waals surface area contributed by atoms with E-state index in [0.29, 0.717) is 0 Å². The Morgan fingerprint density at radius 1 is 1.16 bits per heavy atom. The summed E-state index contributed by atoms with van der Waals surface area (Å²) in [6.45, 7) is 4.05. The number of halogens is 2. The largest absolute Gasteiger partial charge is 0.309 e. The monoisotopic (exact) mass is 290 g/mol. The molecule has 2 rings (SSSR count). The van der Waals surface area contributed by atoms with Crippen molar-refractivity contribution in [2.75, 3.05) is 13.1 Å². The highest BCUT2D eigenvalue weighted by molar-refractivity contribution is 7.89. The highest BCUT2D eigenvalue weighted by Crippen LogP contribution is 2.24. The van der Waals surface area contributed by atoms with Crippen LogP contribution in [0.1, 0.15) is 13.8 Å². The Morgan fingerprint density at radius 2 is 1.63 bits per heavy atom. The van der Waals surface area contributed by atoms with Gasteiger partial charge < -0.3 is 5.32 Å². The summed E-state index contributed by atoms with van der Waals surface area (Å²) >= 11 is 0. The summed E-state index contributed by atoms with van der Waals surface area (Å²) in [4.78, 5) is -0.865. The Labute approximate surface area is 111 Å². The first-order chi connectivity index (χ1) is 8.82. The number of hydrogen-bond donors (Lipinski definition) is 1. The van der Waals surface area contributed by atoms with Gasteiger partial charge in [-0.15, -0.1) is 0 Å². The molecule has 1 fully saturated rings. The fourth-order valence-electron chi connectivity index (χ4n) is 2.33. The minimum atomic E-state index is -4.15. The highest BCUT2D eigenvalue weighted by Gasteiger charge is 2.34. The second-order valence-electron chi connectivity index (χ2n) is 4.84. The maximum atomic E-state index is 13.6. The third-order valence-corrected chi connectivity index (χ3v) is 4.92. The van der Waals surface area contributed by atoms with Gasteiger partial charge in [0.05, 0.1) is 0 Å². The molecule has 0 amide bonds. The van der Waals surface area contributed by atoms with Gasteiger partial charge in [0, 0.05) is 25.2 Å². The maximum Gasteiger partial charge on any atom is 0.249 e. The molecular formula is C12H16F2N2O2S. The molecule has 7 heteroatoms. The molecule has 0 unspecified atom stereocenters. The summed E-state index contributed by atoms with van der Waals surface area (Å²) in [5.41, 5.74) is 0. The molecule has 0 aromatic heterocycles. The van der Waals surface area contributed by atoms with E-state index < -0.39 is 26.6 Å². The van der Waals surface area contributed by atoms with E-state index in [1.807, 2.05) is 13.8 Å². The lowest BCUT2D eigenvalue weighted by Crippen LogP contribution is -2.55. The summed E-state index contributed by atoms with van der Waals surface area (Å²) < 4.78 is 53.1. The summed E-state index contributed by atoms with van der Waals surface area (Å²) in [6.07, 6.45) is 0. The lowest BCUT2D eigenvalue weighted by atomic mass is 10.2. The molecule has 106 valence electrons. The highest BCUT2D eigenvalue weighted by atomic mass is 32.2. The quantitative estimate of drug-likeness (QED) is 0.894. The number of benzene rings is 1. The molecule has 1 N–H and O–H groups in total. The van der Waals surface area contributed by atoms with Crippen molar-refractivity contribution in [1.29, 1.82) is 0 Å². The zero-order valence-electron chi connectivity index (χ0n) is 10.7. The van der Waals surface area contributed by atoms with Gasteiger partial charge in [-0.2, -0.15) is 4.31 Å². The van der Waals surface area contributed by atoms with E-state index in [2.05, 4.69) is 5.32 Å². The number of rotatable bonds is 2. The number of nitrogens with zero attached hydrogens (tertiary/aromatic N) is 1. The van der Waals surface area contributed by atoms with Crippen LogP contribution >= 0.6 is 0 Å². The normalized spacial score (nSPS) is 25.5. The zero-order valence-corrected chi connectivity index (χ0v) is 11.5. The predicted octanol–water partition coefficient (Wildman–Crippen LogP) is 1.34. The topological polar surface area (TPSA) is 49.4 Å². The van der Waals surface area contributed by atoms with Crippen molar-refractivity contribution in [3.05, 3.63) is 29.8 Å². The van der Waals surface area contributed by atoms with E-state index in [1.165, 1.54) is 0 Å². The van der Waals surface area contributed by atoms with Crippen LogP contribution < -0.4 is 5.32 Å². The average Bonchev–Trinajstić information content (AvgIpc) is 2.26. The SMILES string of the molecule is C[C@@H]1CN(S(=O)(=O)c2c(F)cccc2F)C[C@@H](C)N1. The van der Waals surface area contributed by atoms with E-state index in [1.54, 1.807) is 0 Å². The first-order valence-corrected chi connectivity index (χ1v) is 7.46. The molecule has 1 heterocycles. The van der Waals surface area contributed by atoms with Gasteiger partial charge in [0.15, 0.2) is 4.90 Å². The van der Waals surface area contributed by atoms with Gasteiger partial charge in [-0.25, -0.2) is 17.2 Å². The molecule has 0 saturated carbocycles. The number of sulfonamides is 1. The van der Waals surface area contributed by atoms with Crippen LogP contribution in [0.4, 0.5) is 8.78 Å².